The van der Waals surface area contributed by atoms with Crippen molar-refractivity contribution in [2.24, 2.45) is 0 Å². The van der Waals surface area contributed by atoms with Crippen LogP contribution < -0.4 is 9.64 Å². The maximum atomic E-state index is 13.2. The Labute approximate surface area is 186 Å². The molecule has 5 nitrogen and oxygen atoms in total. The van der Waals surface area contributed by atoms with Crippen LogP contribution in [-0.4, -0.2) is 54.9 Å². The van der Waals surface area contributed by atoms with Gasteiger partial charge in [-0.2, -0.15) is 13.2 Å². The highest BCUT2D eigenvalue weighted by atomic mass is 35.5. The minimum atomic E-state index is -4.50. The average molecular weight is 480 g/mol. The van der Waals surface area contributed by atoms with E-state index >= 15 is 0 Å². The Hall–Kier alpha value is -1.36. The number of methoxy groups -OCH3 is 1. The summed E-state index contributed by atoms with van der Waals surface area (Å²) >= 11 is 9.09. The molecule has 1 aromatic heterocycles. The zero-order valence-corrected chi connectivity index (χ0v) is 18.8. The SMILES string of the molecule is COCCOc1ccc(SC2CCN(c3cc(C(F)(F)F)nc(SC)n3)C2)c(Cl)c1. The molecular weight excluding hydrogens is 459 g/mol. The van der Waals surface area contributed by atoms with E-state index in [-0.39, 0.29) is 10.4 Å². The van der Waals surface area contributed by atoms with Gasteiger partial charge in [0, 0.05) is 36.4 Å². The largest absolute Gasteiger partial charge is 0.491 e. The number of nitrogens with zero attached hydrogens (tertiary/aromatic N) is 3. The molecule has 0 aliphatic carbocycles. The van der Waals surface area contributed by atoms with Crippen molar-refractivity contribution in [3.8, 4) is 5.75 Å². The van der Waals surface area contributed by atoms with Crippen molar-refractivity contribution < 1.29 is 22.6 Å². The van der Waals surface area contributed by atoms with Crippen molar-refractivity contribution in [2.45, 2.75) is 27.9 Å². The van der Waals surface area contributed by atoms with E-state index in [1.165, 1.54) is 0 Å². The van der Waals surface area contributed by atoms with E-state index in [4.69, 9.17) is 21.1 Å². The highest BCUT2D eigenvalue weighted by Crippen LogP contribution is 2.38. The zero-order chi connectivity index (χ0) is 21.7. The van der Waals surface area contributed by atoms with E-state index in [1.807, 2.05) is 17.0 Å². The van der Waals surface area contributed by atoms with Gasteiger partial charge >= 0.3 is 6.18 Å². The van der Waals surface area contributed by atoms with Crippen molar-refractivity contribution in [2.75, 3.05) is 44.6 Å². The molecule has 1 atom stereocenters. The Balaban J connectivity index is 1.66. The molecule has 164 valence electrons. The maximum Gasteiger partial charge on any atom is 0.433 e. The number of halogens is 4. The number of benzene rings is 1. The van der Waals surface area contributed by atoms with Gasteiger partial charge < -0.3 is 14.4 Å². The molecule has 1 unspecified atom stereocenters. The van der Waals surface area contributed by atoms with Gasteiger partial charge in [0.05, 0.1) is 11.6 Å². The van der Waals surface area contributed by atoms with Crippen LogP contribution in [0.1, 0.15) is 12.1 Å². The predicted molar refractivity (Wildman–Crippen MR) is 114 cm³/mol. The monoisotopic (exact) mass is 479 g/mol. The molecule has 1 aliphatic heterocycles. The van der Waals surface area contributed by atoms with Crippen LogP contribution in [0.2, 0.25) is 5.02 Å². The number of hydrogen-bond acceptors (Lipinski definition) is 7. The predicted octanol–water partition coefficient (Wildman–Crippen LogP) is 5.27. The zero-order valence-electron chi connectivity index (χ0n) is 16.4. The van der Waals surface area contributed by atoms with Gasteiger partial charge in [-0.25, -0.2) is 9.97 Å². The molecular formula is C19H21ClF3N3O2S2. The maximum absolute atomic E-state index is 13.2. The number of anilines is 1. The van der Waals surface area contributed by atoms with Gasteiger partial charge in [-0.3, -0.25) is 0 Å². The molecule has 1 aromatic carbocycles. The van der Waals surface area contributed by atoms with Crippen LogP contribution in [0, 0.1) is 0 Å². The lowest BCUT2D eigenvalue weighted by Gasteiger charge is -2.19. The highest BCUT2D eigenvalue weighted by Gasteiger charge is 2.35. The third-order valence-corrected chi connectivity index (χ3v) is 6.69. The number of ether oxygens (including phenoxy) is 2. The Bertz CT molecular complexity index is 873. The van der Waals surface area contributed by atoms with E-state index < -0.39 is 11.9 Å². The molecule has 1 aliphatic rings. The molecule has 1 fully saturated rings. The average Bonchev–Trinajstić information content (AvgIpc) is 3.18. The van der Waals surface area contributed by atoms with Gasteiger partial charge in [0.15, 0.2) is 10.9 Å². The summed E-state index contributed by atoms with van der Waals surface area (Å²) in [5, 5.41) is 0.882. The molecule has 0 radical (unpaired) electrons. The Kier molecular flexibility index (Phi) is 8.00. The molecule has 0 saturated carbocycles. The summed E-state index contributed by atoms with van der Waals surface area (Å²) in [5.41, 5.74) is -0.917. The third-order valence-electron chi connectivity index (χ3n) is 4.39. The molecule has 0 spiro atoms. The summed E-state index contributed by atoms with van der Waals surface area (Å²) in [6.45, 7) is 2.13. The third kappa shape index (κ3) is 6.09. The molecule has 2 heterocycles. The molecule has 3 rings (SSSR count). The Morgan fingerprint density at radius 1 is 1.23 bits per heavy atom. The second kappa shape index (κ2) is 10.3. The van der Waals surface area contributed by atoms with E-state index in [0.717, 1.165) is 29.1 Å². The lowest BCUT2D eigenvalue weighted by Crippen LogP contribution is -2.23. The summed E-state index contributed by atoms with van der Waals surface area (Å²) in [6, 6.07) is 6.53. The molecule has 30 heavy (non-hydrogen) atoms. The second-order valence-electron chi connectivity index (χ2n) is 6.50. The highest BCUT2D eigenvalue weighted by molar-refractivity contribution is 8.00. The number of aromatic nitrogens is 2. The second-order valence-corrected chi connectivity index (χ2v) is 9.03. The van der Waals surface area contributed by atoms with Crippen LogP contribution in [0.3, 0.4) is 0 Å². The topological polar surface area (TPSA) is 47.5 Å². The van der Waals surface area contributed by atoms with Crippen LogP contribution in [0.4, 0.5) is 19.0 Å². The summed E-state index contributed by atoms with van der Waals surface area (Å²) in [4.78, 5) is 10.6. The summed E-state index contributed by atoms with van der Waals surface area (Å²) in [7, 11) is 1.61. The van der Waals surface area contributed by atoms with Crippen molar-refractivity contribution in [3.05, 3.63) is 35.0 Å². The first-order valence-electron chi connectivity index (χ1n) is 9.13. The molecule has 0 N–H and O–H groups in total. The first kappa shape index (κ1) is 23.3. The minimum Gasteiger partial charge on any atom is -0.491 e. The van der Waals surface area contributed by atoms with Crippen LogP contribution in [0.5, 0.6) is 5.75 Å². The first-order valence-corrected chi connectivity index (χ1v) is 11.6. The van der Waals surface area contributed by atoms with E-state index in [0.29, 0.717) is 42.9 Å². The lowest BCUT2D eigenvalue weighted by atomic mass is 10.3. The smallest absolute Gasteiger partial charge is 0.433 e. The first-order chi connectivity index (χ1) is 14.3. The molecule has 0 amide bonds. The normalized spacial score (nSPS) is 16.9. The van der Waals surface area contributed by atoms with Gasteiger partial charge in [0.25, 0.3) is 0 Å². The number of hydrogen-bond donors (Lipinski definition) is 0. The fourth-order valence-electron chi connectivity index (χ4n) is 2.93. The standard InChI is InChI=1S/C19H21ClF3N3O2S2/c1-27-7-8-28-12-3-4-15(14(20)9-12)30-13-5-6-26(11-13)17-10-16(19(21,22)23)24-18(25-17)29-2/h3-4,9-10,13H,5-8,11H2,1-2H3. The van der Waals surface area contributed by atoms with Crippen molar-refractivity contribution >= 4 is 40.9 Å². The molecule has 1 saturated heterocycles. The number of rotatable bonds is 8. The van der Waals surface area contributed by atoms with Gasteiger partial charge in [-0.15, -0.1) is 11.8 Å². The molecule has 11 heteroatoms. The molecule has 0 bridgehead atoms. The number of alkyl halides is 3. The lowest BCUT2D eigenvalue weighted by molar-refractivity contribution is -0.141. The van der Waals surface area contributed by atoms with E-state index in [9.17, 15) is 13.2 Å². The van der Waals surface area contributed by atoms with Crippen LogP contribution >= 0.6 is 35.1 Å². The van der Waals surface area contributed by atoms with Crippen molar-refractivity contribution in [1.82, 2.24) is 9.97 Å². The number of thioether (sulfide) groups is 2. The van der Waals surface area contributed by atoms with E-state index in [1.54, 1.807) is 31.2 Å². The fourth-order valence-corrected chi connectivity index (χ4v) is 4.77. The van der Waals surface area contributed by atoms with Crippen LogP contribution in [-0.2, 0) is 10.9 Å². The van der Waals surface area contributed by atoms with Crippen molar-refractivity contribution in [1.29, 1.82) is 0 Å². The van der Waals surface area contributed by atoms with Crippen LogP contribution in [0.15, 0.2) is 34.3 Å². The van der Waals surface area contributed by atoms with Gasteiger partial charge in [-0.1, -0.05) is 23.4 Å². The Morgan fingerprint density at radius 3 is 2.70 bits per heavy atom. The minimum absolute atomic E-state index is 0.114. The molecule has 2 aromatic rings. The van der Waals surface area contributed by atoms with Gasteiger partial charge in [0.1, 0.15) is 18.2 Å². The summed E-state index contributed by atoms with van der Waals surface area (Å²) in [6.07, 6.45) is -2.03. The Morgan fingerprint density at radius 2 is 2.03 bits per heavy atom. The van der Waals surface area contributed by atoms with Gasteiger partial charge in [-0.05, 0) is 30.9 Å². The van der Waals surface area contributed by atoms with Gasteiger partial charge in [0.2, 0.25) is 0 Å². The summed E-state index contributed by atoms with van der Waals surface area (Å²) in [5.74, 6) is 0.970. The van der Waals surface area contributed by atoms with Crippen LogP contribution in [0.25, 0.3) is 0 Å². The van der Waals surface area contributed by atoms with Crippen molar-refractivity contribution in [3.63, 3.8) is 0 Å². The quantitative estimate of drug-likeness (QED) is 0.290. The van der Waals surface area contributed by atoms with E-state index in [2.05, 4.69) is 9.97 Å². The fraction of sp³-hybridized carbons (Fsp3) is 0.474. The summed E-state index contributed by atoms with van der Waals surface area (Å²) < 4.78 is 50.0.